The van der Waals surface area contributed by atoms with E-state index in [1.165, 1.54) is 0 Å². The minimum absolute atomic E-state index is 0.238. The highest BCUT2D eigenvalue weighted by atomic mass is 16.7. The van der Waals surface area contributed by atoms with E-state index in [-0.39, 0.29) is 19.1 Å². The van der Waals surface area contributed by atoms with Gasteiger partial charge in [-0.2, -0.15) is 5.06 Å². The first-order chi connectivity index (χ1) is 22.8. The van der Waals surface area contributed by atoms with Crippen molar-refractivity contribution in [2.45, 2.75) is 44.2 Å². The van der Waals surface area contributed by atoms with Crippen LogP contribution in [-0.4, -0.2) is 76.3 Å². The number of carbonyl (C=O) groups excluding carboxylic acids is 1. The Morgan fingerprint density at radius 3 is 2.49 bits per heavy atom. The predicted octanol–water partition coefficient (Wildman–Crippen LogP) is 3.95. The van der Waals surface area contributed by atoms with Crippen molar-refractivity contribution in [1.29, 1.82) is 0 Å². The SMILES string of the molecule is C[C@@H](O)[C@H]1[C@@H](CO)ON(Cc2cccc(C#CC(O)c3ccc(-c4ccccn4)cc3)c2)[C@H]1C(=O)NCCCN(C)c1ccccc1. The number of carbonyl (C=O) groups is 1. The lowest BCUT2D eigenvalue weighted by atomic mass is 9.89. The van der Waals surface area contributed by atoms with Crippen molar-refractivity contribution in [3.63, 3.8) is 0 Å². The summed E-state index contributed by atoms with van der Waals surface area (Å²) in [7, 11) is 2.01. The molecule has 1 amide bonds. The maximum absolute atomic E-state index is 13.5. The highest BCUT2D eigenvalue weighted by Crippen LogP contribution is 2.32. The third-order valence-electron chi connectivity index (χ3n) is 8.35. The van der Waals surface area contributed by atoms with Gasteiger partial charge in [-0.15, -0.1) is 0 Å². The first-order valence-electron chi connectivity index (χ1n) is 15.9. The number of aromatic nitrogens is 1. The van der Waals surface area contributed by atoms with E-state index in [1.807, 2.05) is 104 Å². The van der Waals surface area contributed by atoms with Crippen molar-refractivity contribution in [1.82, 2.24) is 15.4 Å². The van der Waals surface area contributed by atoms with Crippen molar-refractivity contribution in [2.24, 2.45) is 5.92 Å². The molecule has 0 saturated carbocycles. The zero-order valence-electron chi connectivity index (χ0n) is 26.7. The number of aliphatic hydroxyl groups excluding tert-OH is 3. The van der Waals surface area contributed by atoms with Gasteiger partial charge in [-0.05, 0) is 60.9 Å². The van der Waals surface area contributed by atoms with Gasteiger partial charge in [-0.3, -0.25) is 14.6 Å². The van der Waals surface area contributed by atoms with Gasteiger partial charge in [0.1, 0.15) is 18.2 Å². The molecule has 4 aromatic rings. The molecule has 1 fully saturated rings. The van der Waals surface area contributed by atoms with Crippen LogP contribution in [0, 0.1) is 17.8 Å². The van der Waals surface area contributed by atoms with Gasteiger partial charge in [0.15, 0.2) is 0 Å². The van der Waals surface area contributed by atoms with E-state index in [0.29, 0.717) is 17.7 Å². The van der Waals surface area contributed by atoms with E-state index >= 15 is 0 Å². The molecule has 9 nitrogen and oxygen atoms in total. The molecule has 1 aliphatic heterocycles. The van der Waals surface area contributed by atoms with Crippen LogP contribution in [0.3, 0.4) is 0 Å². The fourth-order valence-electron chi connectivity index (χ4n) is 5.85. The molecular formula is C38H42N4O5. The normalized spacial score (nSPS) is 19.0. The molecule has 0 aliphatic carbocycles. The summed E-state index contributed by atoms with van der Waals surface area (Å²) in [5.74, 6) is 5.10. The van der Waals surface area contributed by atoms with E-state index in [2.05, 4.69) is 27.0 Å². The Hall–Kier alpha value is -4.56. The van der Waals surface area contributed by atoms with E-state index in [0.717, 1.165) is 35.5 Å². The van der Waals surface area contributed by atoms with Crippen LogP contribution in [0.15, 0.2) is 103 Å². The number of rotatable bonds is 12. The average Bonchev–Trinajstić information content (AvgIpc) is 3.48. The Labute approximate surface area is 276 Å². The van der Waals surface area contributed by atoms with Gasteiger partial charge in [0.25, 0.3) is 0 Å². The Bertz CT molecular complexity index is 1640. The molecule has 0 spiro atoms. The lowest BCUT2D eigenvalue weighted by molar-refractivity contribution is -0.181. The molecule has 5 rings (SSSR count). The summed E-state index contributed by atoms with van der Waals surface area (Å²) < 4.78 is 0. The number of nitrogens with zero attached hydrogens (tertiary/aromatic N) is 3. The molecule has 1 saturated heterocycles. The van der Waals surface area contributed by atoms with Crippen molar-refractivity contribution in [3.05, 3.63) is 120 Å². The van der Waals surface area contributed by atoms with Crippen LogP contribution in [0.4, 0.5) is 5.69 Å². The standard InChI is InChI=1S/C38H42N4O5/c1-27(44)36-35(26-43)47-42(37(36)38(46)40-22-9-23-41(2)32-12-4-3-5-13-32)25-29-11-8-10-28(24-29)15-20-34(45)31-18-16-30(17-19-31)33-14-6-7-21-39-33/h3-8,10-14,16-19,21,24,27,34-37,43-45H,9,22-23,25-26H2,1-2H3,(H,40,46)/t27-,34?,35-,36+,37-/m1/s1. The molecule has 3 aromatic carbocycles. The zero-order chi connectivity index (χ0) is 33.2. The maximum atomic E-state index is 13.5. The van der Waals surface area contributed by atoms with E-state index < -0.39 is 30.3 Å². The summed E-state index contributed by atoms with van der Waals surface area (Å²) in [6.45, 7) is 2.73. The summed E-state index contributed by atoms with van der Waals surface area (Å²) in [5.41, 5.74) is 5.12. The Morgan fingerprint density at radius 2 is 1.79 bits per heavy atom. The van der Waals surface area contributed by atoms with Crippen LogP contribution in [0.1, 0.15) is 36.1 Å². The number of hydroxylamine groups is 2. The third kappa shape index (κ3) is 8.83. The largest absolute Gasteiger partial charge is 0.394 e. The summed E-state index contributed by atoms with van der Waals surface area (Å²) in [6.07, 6.45) is -0.108. The van der Waals surface area contributed by atoms with E-state index in [4.69, 9.17) is 4.84 Å². The number of hydrogen-bond donors (Lipinski definition) is 4. The molecule has 2 heterocycles. The second-order valence-corrected chi connectivity index (χ2v) is 11.8. The summed E-state index contributed by atoms with van der Waals surface area (Å²) in [4.78, 5) is 26.1. The second-order valence-electron chi connectivity index (χ2n) is 11.8. The minimum atomic E-state index is -0.976. The molecule has 0 radical (unpaired) electrons. The van der Waals surface area contributed by atoms with Crippen molar-refractivity contribution < 1.29 is 25.0 Å². The topological polar surface area (TPSA) is 118 Å². The third-order valence-corrected chi connectivity index (χ3v) is 8.35. The van der Waals surface area contributed by atoms with Gasteiger partial charge in [-0.25, -0.2) is 0 Å². The maximum Gasteiger partial charge on any atom is 0.240 e. The van der Waals surface area contributed by atoms with Crippen molar-refractivity contribution in [2.75, 3.05) is 31.6 Å². The minimum Gasteiger partial charge on any atom is -0.394 e. The van der Waals surface area contributed by atoms with Gasteiger partial charge in [0, 0.05) is 49.1 Å². The quantitative estimate of drug-likeness (QED) is 0.137. The van der Waals surface area contributed by atoms with Crippen LogP contribution in [0.5, 0.6) is 0 Å². The Morgan fingerprint density at radius 1 is 1.02 bits per heavy atom. The highest BCUT2D eigenvalue weighted by Gasteiger charge is 2.49. The van der Waals surface area contributed by atoms with Crippen LogP contribution in [0.25, 0.3) is 11.3 Å². The molecule has 9 heteroatoms. The lowest BCUT2D eigenvalue weighted by Crippen LogP contribution is -2.49. The molecule has 1 unspecified atom stereocenters. The number of aliphatic hydroxyl groups is 3. The number of pyridine rings is 1. The Balaban J connectivity index is 1.23. The molecule has 0 bridgehead atoms. The highest BCUT2D eigenvalue weighted by molar-refractivity contribution is 5.82. The van der Waals surface area contributed by atoms with Crippen LogP contribution in [0.2, 0.25) is 0 Å². The van der Waals surface area contributed by atoms with Gasteiger partial charge < -0.3 is 25.5 Å². The number of nitrogens with one attached hydrogen (secondary N) is 1. The van der Waals surface area contributed by atoms with E-state index in [1.54, 1.807) is 18.2 Å². The molecular weight excluding hydrogens is 592 g/mol. The lowest BCUT2D eigenvalue weighted by Gasteiger charge is -2.26. The van der Waals surface area contributed by atoms with Gasteiger partial charge in [0.2, 0.25) is 5.91 Å². The number of hydrogen-bond acceptors (Lipinski definition) is 8. The van der Waals surface area contributed by atoms with Crippen LogP contribution >= 0.6 is 0 Å². The van der Waals surface area contributed by atoms with Crippen LogP contribution < -0.4 is 10.2 Å². The zero-order valence-corrected chi connectivity index (χ0v) is 26.7. The first kappa shape index (κ1) is 33.8. The predicted molar refractivity (Wildman–Crippen MR) is 182 cm³/mol. The molecule has 1 aliphatic rings. The van der Waals surface area contributed by atoms with Crippen molar-refractivity contribution in [3.8, 4) is 23.1 Å². The second kappa shape index (κ2) is 16.3. The fourth-order valence-corrected chi connectivity index (χ4v) is 5.85. The number of anilines is 1. The summed E-state index contributed by atoms with van der Waals surface area (Å²) >= 11 is 0. The van der Waals surface area contributed by atoms with Gasteiger partial charge in [0.05, 0.1) is 24.9 Å². The summed E-state index contributed by atoms with van der Waals surface area (Å²) in [6, 6.07) is 30.0. The number of para-hydroxylation sites is 1. The van der Waals surface area contributed by atoms with Crippen molar-refractivity contribution >= 4 is 11.6 Å². The summed E-state index contributed by atoms with van der Waals surface area (Å²) in [5, 5.41) is 36.0. The molecule has 5 atom stereocenters. The van der Waals surface area contributed by atoms with Gasteiger partial charge in [-0.1, -0.05) is 72.5 Å². The average molecular weight is 635 g/mol. The monoisotopic (exact) mass is 634 g/mol. The number of amides is 1. The van der Waals surface area contributed by atoms with E-state index in [9.17, 15) is 20.1 Å². The van der Waals surface area contributed by atoms with Gasteiger partial charge >= 0.3 is 0 Å². The number of benzene rings is 3. The molecule has 4 N–H and O–H groups in total. The smallest absolute Gasteiger partial charge is 0.240 e. The fraction of sp³-hybridized carbons (Fsp3) is 0.316. The Kier molecular flexibility index (Phi) is 11.7. The van der Waals surface area contributed by atoms with Crippen LogP contribution in [-0.2, 0) is 16.2 Å². The molecule has 47 heavy (non-hydrogen) atoms. The first-order valence-corrected chi connectivity index (χ1v) is 15.9. The molecule has 244 valence electrons. The molecule has 1 aromatic heterocycles.